The van der Waals surface area contributed by atoms with Crippen molar-refractivity contribution in [2.45, 2.75) is 57.5 Å². The Kier molecular flexibility index (Phi) is 8.38. The molecule has 9 heteroatoms. The van der Waals surface area contributed by atoms with E-state index < -0.39 is 11.9 Å². The highest BCUT2D eigenvalue weighted by Crippen LogP contribution is 2.48. The Balaban J connectivity index is 1.52. The molecule has 3 atom stereocenters. The van der Waals surface area contributed by atoms with Crippen molar-refractivity contribution in [3.8, 4) is 17.2 Å². The summed E-state index contributed by atoms with van der Waals surface area (Å²) in [6.45, 7) is 5.12. The van der Waals surface area contributed by atoms with Crippen LogP contribution in [0.3, 0.4) is 0 Å². The number of hydrogen-bond acceptors (Lipinski definition) is 8. The molecule has 2 aliphatic heterocycles. The predicted molar refractivity (Wildman–Crippen MR) is 150 cm³/mol. The molecule has 2 N–H and O–H groups in total. The molecule has 0 radical (unpaired) electrons. The molecule has 3 aliphatic rings. The Morgan fingerprint density at radius 2 is 1.95 bits per heavy atom. The van der Waals surface area contributed by atoms with Gasteiger partial charge in [0.05, 0.1) is 30.4 Å². The molecule has 40 heavy (non-hydrogen) atoms. The van der Waals surface area contributed by atoms with Crippen molar-refractivity contribution in [1.29, 1.82) is 0 Å². The van der Waals surface area contributed by atoms with Crippen molar-refractivity contribution in [2.24, 2.45) is 0 Å². The van der Waals surface area contributed by atoms with Crippen LogP contribution in [0.4, 0.5) is 0 Å². The molecule has 1 saturated heterocycles. The quantitative estimate of drug-likeness (QED) is 0.401. The van der Waals surface area contributed by atoms with Gasteiger partial charge in [0.25, 0.3) is 0 Å². The first-order chi connectivity index (χ1) is 19.3. The van der Waals surface area contributed by atoms with E-state index in [9.17, 15) is 14.7 Å². The minimum absolute atomic E-state index is 0.0335. The van der Waals surface area contributed by atoms with Gasteiger partial charge in [-0.05, 0) is 74.4 Å². The van der Waals surface area contributed by atoms with Crippen molar-refractivity contribution in [2.75, 3.05) is 26.9 Å². The molecule has 2 aromatic carbocycles. The number of dihydropyridines is 1. The fraction of sp³-hybridized carbons (Fsp3) is 0.419. The molecule has 0 saturated carbocycles. The number of nitrogens with one attached hydrogen (secondary N) is 1. The topological polar surface area (TPSA) is 103 Å². The van der Waals surface area contributed by atoms with E-state index in [1.165, 1.54) is 7.11 Å². The van der Waals surface area contributed by atoms with Crippen LogP contribution < -0.4 is 14.8 Å². The number of hydrogen-bond donors (Lipinski definition) is 2. The third-order valence-corrected chi connectivity index (χ3v) is 8.03. The van der Waals surface area contributed by atoms with Crippen LogP contribution in [-0.2, 0) is 19.1 Å². The molecule has 0 aromatic heterocycles. The predicted octanol–water partition coefficient (Wildman–Crippen LogP) is 5.54. The second-order valence-corrected chi connectivity index (χ2v) is 10.7. The SMILES string of the molecule is CCOc1ccc([C@H]2CC(=O)C3=C(C2)NC(C)=C(C(=O)OC[C@@H]2CCCO2)[C@H]3c2cc(Cl)c(O)c(OC)c2)cc1. The first-order valence-corrected chi connectivity index (χ1v) is 14.0. The highest BCUT2D eigenvalue weighted by molar-refractivity contribution is 6.32. The summed E-state index contributed by atoms with van der Waals surface area (Å²) in [5, 5.41) is 13.8. The Hall–Kier alpha value is -3.49. The number of halogens is 1. The number of aromatic hydroxyl groups is 1. The molecule has 1 aliphatic carbocycles. The lowest BCUT2D eigenvalue weighted by molar-refractivity contribution is -0.142. The summed E-state index contributed by atoms with van der Waals surface area (Å²) in [7, 11) is 1.42. The van der Waals surface area contributed by atoms with Crippen molar-refractivity contribution in [1.82, 2.24) is 5.32 Å². The summed E-state index contributed by atoms with van der Waals surface area (Å²) in [4.78, 5) is 27.5. The van der Waals surface area contributed by atoms with E-state index in [4.69, 9.17) is 30.5 Å². The minimum atomic E-state index is -0.742. The molecular formula is C31H34ClNO7. The van der Waals surface area contributed by atoms with Crippen LogP contribution in [0.2, 0.25) is 5.02 Å². The molecule has 1 fully saturated rings. The second kappa shape index (κ2) is 11.9. The van der Waals surface area contributed by atoms with Crippen molar-refractivity contribution < 1.29 is 33.6 Å². The number of phenols is 1. The normalized spacial score (nSPS) is 22.6. The molecule has 212 valence electrons. The van der Waals surface area contributed by atoms with E-state index >= 15 is 0 Å². The lowest BCUT2D eigenvalue weighted by atomic mass is 9.71. The summed E-state index contributed by atoms with van der Waals surface area (Å²) < 4.78 is 22.3. The fourth-order valence-electron chi connectivity index (χ4n) is 5.82. The van der Waals surface area contributed by atoms with Crippen molar-refractivity contribution >= 4 is 23.4 Å². The number of phenolic OH excluding ortho intramolecular Hbond substituents is 1. The van der Waals surface area contributed by atoms with Crippen molar-refractivity contribution in [3.63, 3.8) is 0 Å². The highest BCUT2D eigenvalue weighted by Gasteiger charge is 2.42. The van der Waals surface area contributed by atoms with E-state index in [0.717, 1.165) is 29.9 Å². The zero-order valence-electron chi connectivity index (χ0n) is 22.9. The van der Waals surface area contributed by atoms with Gasteiger partial charge < -0.3 is 29.4 Å². The largest absolute Gasteiger partial charge is 0.503 e. The van der Waals surface area contributed by atoms with Gasteiger partial charge in [-0.15, -0.1) is 0 Å². The summed E-state index contributed by atoms with van der Waals surface area (Å²) in [6.07, 6.45) is 2.50. The van der Waals surface area contributed by atoms with Crippen molar-refractivity contribution in [3.05, 3.63) is 75.1 Å². The maximum Gasteiger partial charge on any atom is 0.336 e. The van der Waals surface area contributed by atoms with Gasteiger partial charge in [0, 0.05) is 35.9 Å². The maximum atomic E-state index is 13.9. The van der Waals surface area contributed by atoms with Crippen LogP contribution >= 0.6 is 11.6 Å². The van der Waals surface area contributed by atoms with Gasteiger partial charge in [0.2, 0.25) is 0 Å². The zero-order chi connectivity index (χ0) is 28.4. The van der Waals surface area contributed by atoms with Gasteiger partial charge in [-0.25, -0.2) is 4.79 Å². The van der Waals surface area contributed by atoms with E-state index in [1.54, 1.807) is 12.1 Å². The molecule has 8 nitrogen and oxygen atoms in total. The molecule has 0 bridgehead atoms. The third kappa shape index (κ3) is 5.56. The number of methoxy groups -OCH3 is 1. The summed E-state index contributed by atoms with van der Waals surface area (Å²) >= 11 is 6.37. The Morgan fingerprint density at radius 3 is 2.62 bits per heavy atom. The molecule has 2 heterocycles. The number of allylic oxidation sites excluding steroid dienone is 3. The van der Waals surface area contributed by atoms with Gasteiger partial charge in [0.1, 0.15) is 12.4 Å². The van der Waals surface area contributed by atoms with Gasteiger partial charge in [-0.2, -0.15) is 0 Å². The average Bonchev–Trinajstić information content (AvgIpc) is 3.47. The Labute approximate surface area is 238 Å². The molecule has 2 aromatic rings. The molecule has 0 amide bonds. The second-order valence-electron chi connectivity index (χ2n) is 10.3. The first kappa shape index (κ1) is 28.1. The van der Waals surface area contributed by atoms with Crippen LogP contribution in [0, 0.1) is 0 Å². The Bertz CT molecular complexity index is 1360. The lowest BCUT2D eigenvalue weighted by Gasteiger charge is -2.37. The third-order valence-electron chi connectivity index (χ3n) is 7.74. The Morgan fingerprint density at radius 1 is 1.18 bits per heavy atom. The highest BCUT2D eigenvalue weighted by atomic mass is 35.5. The van der Waals surface area contributed by atoms with Gasteiger partial charge in [-0.3, -0.25) is 4.79 Å². The minimum Gasteiger partial charge on any atom is -0.503 e. The van der Waals surface area contributed by atoms with Gasteiger partial charge >= 0.3 is 5.97 Å². The van der Waals surface area contributed by atoms with E-state index in [1.807, 2.05) is 38.1 Å². The van der Waals surface area contributed by atoms with E-state index in [2.05, 4.69) is 5.32 Å². The van der Waals surface area contributed by atoms with E-state index in [-0.39, 0.29) is 47.4 Å². The summed E-state index contributed by atoms with van der Waals surface area (Å²) in [5.74, 6) is -0.636. The van der Waals surface area contributed by atoms with Crippen LogP contribution in [0.15, 0.2) is 58.9 Å². The molecule has 0 spiro atoms. The molecular weight excluding hydrogens is 534 g/mol. The fourth-order valence-corrected chi connectivity index (χ4v) is 6.04. The lowest BCUT2D eigenvalue weighted by Crippen LogP contribution is -2.36. The van der Waals surface area contributed by atoms with Crippen LogP contribution in [0.1, 0.15) is 62.5 Å². The molecule has 0 unspecified atom stereocenters. The number of Topliss-reactive ketones (excluding diaryl/α,β-unsaturated/α-hetero) is 1. The van der Waals surface area contributed by atoms with Crippen LogP contribution in [-0.4, -0.2) is 49.9 Å². The standard InChI is InChI=1S/C31H34ClNO7/c1-4-38-21-9-7-18(8-10-21)19-13-24-29(25(34)14-19)28(20-12-23(32)30(35)26(15-20)37-3)27(17(2)33-24)31(36)40-16-22-6-5-11-39-22/h7-10,12,15,19,22,28,33,35H,4-6,11,13-14,16H2,1-3H3/t19-,22+,28-/m1/s1. The summed E-state index contributed by atoms with van der Waals surface area (Å²) in [5.41, 5.74) is 3.79. The monoisotopic (exact) mass is 567 g/mol. The van der Waals surface area contributed by atoms with Gasteiger partial charge in [-0.1, -0.05) is 23.7 Å². The molecule has 5 rings (SSSR count). The zero-order valence-corrected chi connectivity index (χ0v) is 23.7. The number of benzene rings is 2. The number of esters is 1. The number of carbonyl (C=O) groups is 2. The number of rotatable bonds is 8. The van der Waals surface area contributed by atoms with E-state index in [0.29, 0.717) is 42.0 Å². The first-order valence-electron chi connectivity index (χ1n) is 13.6. The average molecular weight is 568 g/mol. The summed E-state index contributed by atoms with van der Waals surface area (Å²) in [6, 6.07) is 11.0. The number of carbonyl (C=O) groups excluding carboxylic acids is 2. The number of ether oxygens (including phenoxy) is 4. The van der Waals surface area contributed by atoms with Gasteiger partial charge in [0.15, 0.2) is 17.3 Å². The maximum absolute atomic E-state index is 13.9. The number of ketones is 1. The smallest absolute Gasteiger partial charge is 0.336 e. The van der Waals surface area contributed by atoms with Crippen LogP contribution in [0.25, 0.3) is 0 Å². The van der Waals surface area contributed by atoms with Crippen LogP contribution in [0.5, 0.6) is 17.2 Å².